The number of anilines is 1. The summed E-state index contributed by atoms with van der Waals surface area (Å²) in [6, 6.07) is 20.2. The first-order valence-corrected chi connectivity index (χ1v) is 10.1. The molecule has 4 aromatic rings. The van der Waals surface area contributed by atoms with Crippen molar-refractivity contribution < 1.29 is 24.1 Å². The van der Waals surface area contributed by atoms with Gasteiger partial charge in [-0.25, -0.2) is 0 Å². The molecule has 33 heavy (non-hydrogen) atoms. The number of hydrogen-bond donors (Lipinski definition) is 2. The van der Waals surface area contributed by atoms with Gasteiger partial charge in [-0.15, -0.1) is 0 Å². The number of non-ortho nitro benzene ring substituents is 1. The molecule has 9 heteroatoms. The summed E-state index contributed by atoms with van der Waals surface area (Å²) in [7, 11) is 0. The maximum absolute atomic E-state index is 12.9. The summed E-state index contributed by atoms with van der Waals surface area (Å²) >= 11 is 0. The maximum atomic E-state index is 12.9. The van der Waals surface area contributed by atoms with Crippen LogP contribution >= 0.6 is 0 Å². The Balaban J connectivity index is 1.43. The molecule has 0 spiro atoms. The van der Waals surface area contributed by atoms with Gasteiger partial charge >= 0.3 is 0 Å². The molecule has 0 radical (unpaired) electrons. The monoisotopic (exact) mass is 443 g/mol. The van der Waals surface area contributed by atoms with E-state index in [0.717, 1.165) is 5.56 Å². The number of hydrogen-bond acceptors (Lipinski definition) is 7. The zero-order valence-corrected chi connectivity index (χ0v) is 17.1. The lowest BCUT2D eigenvalue weighted by molar-refractivity contribution is -0.384. The number of amides is 1. The van der Waals surface area contributed by atoms with Crippen molar-refractivity contribution in [2.24, 2.45) is 5.16 Å². The Morgan fingerprint density at radius 1 is 1.09 bits per heavy atom. The van der Waals surface area contributed by atoms with Gasteiger partial charge in [0, 0.05) is 29.0 Å². The summed E-state index contributed by atoms with van der Waals surface area (Å²) < 4.78 is 5.84. The highest BCUT2D eigenvalue weighted by atomic mass is 16.6. The Hall–Kier alpha value is -4.66. The van der Waals surface area contributed by atoms with Crippen molar-refractivity contribution in [2.45, 2.75) is 12.5 Å². The highest BCUT2D eigenvalue weighted by Gasteiger charge is 2.31. The second kappa shape index (κ2) is 8.12. The average molecular weight is 443 g/mol. The van der Waals surface area contributed by atoms with Gasteiger partial charge in [0.1, 0.15) is 17.1 Å². The number of benzene rings is 3. The first kappa shape index (κ1) is 20.3. The van der Waals surface area contributed by atoms with Gasteiger partial charge in [-0.2, -0.15) is 0 Å². The van der Waals surface area contributed by atoms with E-state index in [1.807, 2.05) is 30.3 Å². The molecule has 2 N–H and O–H groups in total. The molecule has 1 aromatic heterocycles. The zero-order valence-electron chi connectivity index (χ0n) is 17.1. The maximum Gasteiger partial charge on any atom is 0.275 e. The van der Waals surface area contributed by atoms with Crippen molar-refractivity contribution in [2.75, 3.05) is 5.32 Å². The third-order valence-electron chi connectivity index (χ3n) is 5.33. The minimum absolute atomic E-state index is 0.0353. The number of phenols is 1. The number of nitro groups is 1. The number of aromatic hydroxyl groups is 1. The molecule has 2 heterocycles. The van der Waals surface area contributed by atoms with Gasteiger partial charge in [-0.1, -0.05) is 47.6 Å². The number of nitrogens with zero attached hydrogens (tertiary/aromatic N) is 2. The fourth-order valence-corrected chi connectivity index (χ4v) is 3.69. The van der Waals surface area contributed by atoms with Crippen LogP contribution in [-0.2, 0) is 9.63 Å². The van der Waals surface area contributed by atoms with Crippen LogP contribution in [0.3, 0.4) is 0 Å². The van der Waals surface area contributed by atoms with Crippen LogP contribution in [0.5, 0.6) is 5.75 Å². The summed E-state index contributed by atoms with van der Waals surface area (Å²) in [6.45, 7) is 0. The fourth-order valence-electron chi connectivity index (χ4n) is 3.69. The van der Waals surface area contributed by atoms with Crippen molar-refractivity contribution in [3.8, 4) is 17.1 Å². The van der Waals surface area contributed by atoms with Crippen LogP contribution in [0.1, 0.15) is 12.0 Å². The van der Waals surface area contributed by atoms with Crippen molar-refractivity contribution >= 4 is 34.0 Å². The van der Waals surface area contributed by atoms with Crippen LogP contribution in [0.15, 0.2) is 82.4 Å². The topological polar surface area (TPSA) is 127 Å². The van der Waals surface area contributed by atoms with E-state index in [2.05, 4.69) is 10.5 Å². The molecule has 3 aromatic carbocycles. The SMILES string of the molecule is O=C(Nc1cc([N+](=O)[O-])cc2oc(-c3ccccc3)cc12)[C@@H]1CC(c2ccccc2O)=NO1. The van der Waals surface area contributed by atoms with Gasteiger partial charge in [-0.3, -0.25) is 14.9 Å². The highest BCUT2D eigenvalue weighted by molar-refractivity contribution is 6.09. The van der Waals surface area contributed by atoms with Crippen LogP contribution in [0.25, 0.3) is 22.3 Å². The van der Waals surface area contributed by atoms with E-state index in [4.69, 9.17) is 9.25 Å². The lowest BCUT2D eigenvalue weighted by Crippen LogP contribution is -2.28. The number of furan rings is 1. The van der Waals surface area contributed by atoms with Gasteiger partial charge < -0.3 is 19.7 Å². The lowest BCUT2D eigenvalue weighted by Gasteiger charge is -2.10. The summed E-state index contributed by atoms with van der Waals surface area (Å²) in [5, 5.41) is 28.6. The minimum atomic E-state index is -0.950. The number of para-hydroxylation sites is 1. The van der Waals surface area contributed by atoms with Crippen LogP contribution in [0.4, 0.5) is 11.4 Å². The van der Waals surface area contributed by atoms with Gasteiger partial charge in [0.15, 0.2) is 0 Å². The Morgan fingerprint density at radius 3 is 2.61 bits per heavy atom. The quantitative estimate of drug-likeness (QED) is 0.335. The van der Waals surface area contributed by atoms with Gasteiger partial charge in [0.25, 0.3) is 11.6 Å². The fraction of sp³-hybridized carbons (Fsp3) is 0.0833. The molecule has 0 unspecified atom stereocenters. The van der Waals surface area contributed by atoms with Crippen molar-refractivity contribution in [1.29, 1.82) is 0 Å². The molecule has 1 atom stereocenters. The van der Waals surface area contributed by atoms with E-state index in [9.17, 15) is 20.0 Å². The number of oxime groups is 1. The second-order valence-corrected chi connectivity index (χ2v) is 7.48. The van der Waals surface area contributed by atoms with Gasteiger partial charge in [-0.05, 0) is 18.2 Å². The number of nitrogens with one attached hydrogen (secondary N) is 1. The Kier molecular flexibility index (Phi) is 4.98. The first-order chi connectivity index (χ1) is 16.0. The van der Waals surface area contributed by atoms with Crippen molar-refractivity contribution in [1.82, 2.24) is 0 Å². The predicted octanol–water partition coefficient (Wildman–Crippen LogP) is 4.85. The number of carbonyl (C=O) groups is 1. The van der Waals surface area contributed by atoms with E-state index in [1.165, 1.54) is 18.2 Å². The van der Waals surface area contributed by atoms with E-state index in [-0.39, 0.29) is 29.1 Å². The number of nitro benzene ring substituents is 1. The number of rotatable bonds is 5. The van der Waals surface area contributed by atoms with Crippen LogP contribution in [0, 0.1) is 10.1 Å². The summed E-state index contributed by atoms with van der Waals surface area (Å²) in [5.41, 5.74) is 2.00. The molecule has 5 rings (SSSR count). The summed E-state index contributed by atoms with van der Waals surface area (Å²) in [5.74, 6) is 0.0328. The normalized spacial score (nSPS) is 15.2. The molecule has 0 saturated heterocycles. The van der Waals surface area contributed by atoms with Crippen LogP contribution in [0.2, 0.25) is 0 Å². The molecule has 9 nitrogen and oxygen atoms in total. The molecule has 0 bridgehead atoms. The highest BCUT2D eigenvalue weighted by Crippen LogP contribution is 2.36. The van der Waals surface area contributed by atoms with Gasteiger partial charge in [0.05, 0.1) is 22.4 Å². The number of carbonyl (C=O) groups excluding carboxylic acids is 1. The van der Waals surface area contributed by atoms with E-state index < -0.39 is 16.9 Å². The number of fused-ring (bicyclic) bond motifs is 1. The van der Waals surface area contributed by atoms with Gasteiger partial charge in [0.2, 0.25) is 6.10 Å². The molecule has 0 saturated carbocycles. The van der Waals surface area contributed by atoms with Crippen molar-refractivity contribution in [3.63, 3.8) is 0 Å². The minimum Gasteiger partial charge on any atom is -0.507 e. The molecular formula is C24H17N3O6. The molecular weight excluding hydrogens is 426 g/mol. The zero-order chi connectivity index (χ0) is 22.9. The Bertz CT molecular complexity index is 1410. The third kappa shape index (κ3) is 3.87. The Labute approximate surface area is 187 Å². The van der Waals surface area contributed by atoms with E-state index in [0.29, 0.717) is 22.4 Å². The van der Waals surface area contributed by atoms with E-state index in [1.54, 1.807) is 24.3 Å². The van der Waals surface area contributed by atoms with Crippen molar-refractivity contribution in [3.05, 3.63) is 88.5 Å². The molecule has 1 amide bonds. The predicted molar refractivity (Wildman–Crippen MR) is 121 cm³/mol. The van der Waals surface area contributed by atoms with E-state index >= 15 is 0 Å². The largest absolute Gasteiger partial charge is 0.507 e. The standard InChI is InChI=1S/C24H17N3O6/c28-20-9-5-4-8-16(20)19-13-23(33-26-19)24(29)25-18-10-15(27(30)31)11-22-17(18)12-21(32-22)14-6-2-1-3-7-14/h1-12,23,28H,13H2,(H,25,29)/t23-/m0/s1. The molecule has 0 fully saturated rings. The number of phenolic OH excluding ortho intramolecular Hbond substituents is 1. The average Bonchev–Trinajstić information content (AvgIpc) is 3.48. The smallest absolute Gasteiger partial charge is 0.275 e. The first-order valence-electron chi connectivity index (χ1n) is 10.1. The lowest BCUT2D eigenvalue weighted by atomic mass is 10.0. The molecule has 1 aliphatic heterocycles. The second-order valence-electron chi connectivity index (χ2n) is 7.48. The summed E-state index contributed by atoms with van der Waals surface area (Å²) in [4.78, 5) is 29.1. The molecule has 164 valence electrons. The van der Waals surface area contributed by atoms with Crippen LogP contribution < -0.4 is 5.32 Å². The molecule has 0 aliphatic carbocycles. The Morgan fingerprint density at radius 2 is 1.85 bits per heavy atom. The molecule has 1 aliphatic rings. The third-order valence-corrected chi connectivity index (χ3v) is 5.33. The summed E-state index contributed by atoms with van der Waals surface area (Å²) in [6.07, 6.45) is -0.809. The van der Waals surface area contributed by atoms with Crippen LogP contribution in [-0.4, -0.2) is 27.8 Å².